The molecule has 0 aliphatic carbocycles. The largest absolute Gasteiger partial charge is 0.325 e. The van der Waals surface area contributed by atoms with Gasteiger partial charge in [0.1, 0.15) is 11.6 Å². The lowest BCUT2D eigenvalue weighted by atomic mass is 10.2. The van der Waals surface area contributed by atoms with Crippen LogP contribution in [0.4, 0.5) is 14.5 Å². The monoisotopic (exact) mass is 327 g/mol. The van der Waals surface area contributed by atoms with E-state index in [4.69, 9.17) is 11.6 Å². The molecule has 0 radical (unpaired) electrons. The van der Waals surface area contributed by atoms with Crippen LogP contribution < -0.4 is 5.32 Å². The van der Waals surface area contributed by atoms with Gasteiger partial charge < -0.3 is 5.32 Å². The third kappa shape index (κ3) is 4.44. The highest BCUT2D eigenvalue weighted by Crippen LogP contribution is 2.24. The second kappa shape index (κ2) is 6.91. The van der Waals surface area contributed by atoms with Crippen LogP contribution in [-0.2, 0) is 4.79 Å². The lowest BCUT2D eigenvalue weighted by Crippen LogP contribution is -2.14. The molecule has 1 amide bonds. The summed E-state index contributed by atoms with van der Waals surface area (Å²) in [5, 5.41) is 3.29. The number of amides is 1. The van der Waals surface area contributed by atoms with Crippen molar-refractivity contribution in [2.24, 2.45) is 0 Å². The number of hydrogen-bond donors (Lipinski definition) is 1. The van der Waals surface area contributed by atoms with Gasteiger partial charge in [-0.25, -0.2) is 8.78 Å². The van der Waals surface area contributed by atoms with E-state index in [1.807, 2.05) is 6.92 Å². The SMILES string of the molecule is Cc1cc(Cl)ccc1NC(=O)CSc1cc(F)ccc1F. The molecule has 0 fully saturated rings. The van der Waals surface area contributed by atoms with Crippen LogP contribution in [0.15, 0.2) is 41.3 Å². The molecule has 0 unspecified atom stereocenters. The van der Waals surface area contributed by atoms with Gasteiger partial charge in [0, 0.05) is 15.6 Å². The van der Waals surface area contributed by atoms with E-state index in [2.05, 4.69) is 5.32 Å². The van der Waals surface area contributed by atoms with Crippen molar-refractivity contribution in [2.75, 3.05) is 11.1 Å². The Bertz CT molecular complexity index is 679. The summed E-state index contributed by atoms with van der Waals surface area (Å²) < 4.78 is 26.4. The van der Waals surface area contributed by atoms with E-state index < -0.39 is 11.6 Å². The molecule has 0 saturated heterocycles. The van der Waals surface area contributed by atoms with Crippen LogP contribution in [0.5, 0.6) is 0 Å². The Balaban J connectivity index is 1.97. The third-order valence-electron chi connectivity index (χ3n) is 2.71. The Morgan fingerprint density at radius 1 is 1.24 bits per heavy atom. The van der Waals surface area contributed by atoms with E-state index >= 15 is 0 Å². The molecule has 0 aliphatic rings. The summed E-state index contributed by atoms with van der Waals surface area (Å²) in [5.74, 6) is -1.39. The van der Waals surface area contributed by atoms with Gasteiger partial charge in [-0.05, 0) is 48.9 Å². The number of hydrogen-bond acceptors (Lipinski definition) is 2. The Kier molecular flexibility index (Phi) is 5.20. The van der Waals surface area contributed by atoms with Crippen molar-refractivity contribution in [3.63, 3.8) is 0 Å². The highest BCUT2D eigenvalue weighted by Gasteiger charge is 2.09. The van der Waals surface area contributed by atoms with Crippen molar-refractivity contribution in [1.82, 2.24) is 0 Å². The number of anilines is 1. The molecular weight excluding hydrogens is 316 g/mol. The molecule has 2 aromatic rings. The summed E-state index contributed by atoms with van der Waals surface area (Å²) in [4.78, 5) is 11.9. The average Bonchev–Trinajstić information content (AvgIpc) is 2.43. The van der Waals surface area contributed by atoms with Gasteiger partial charge in [-0.2, -0.15) is 0 Å². The molecule has 2 aromatic carbocycles. The number of benzene rings is 2. The molecule has 0 saturated carbocycles. The van der Waals surface area contributed by atoms with Crippen molar-refractivity contribution in [3.8, 4) is 0 Å². The van der Waals surface area contributed by atoms with Gasteiger partial charge in [0.2, 0.25) is 5.91 Å². The maximum atomic E-state index is 13.4. The molecule has 2 rings (SSSR count). The number of aryl methyl sites for hydroxylation is 1. The van der Waals surface area contributed by atoms with Crippen molar-refractivity contribution in [3.05, 3.63) is 58.6 Å². The van der Waals surface area contributed by atoms with Crippen LogP contribution in [0.25, 0.3) is 0 Å². The Labute approximate surface area is 130 Å². The molecule has 21 heavy (non-hydrogen) atoms. The van der Waals surface area contributed by atoms with E-state index in [9.17, 15) is 13.6 Å². The van der Waals surface area contributed by atoms with Crippen molar-refractivity contribution in [2.45, 2.75) is 11.8 Å². The predicted octanol–water partition coefficient (Wildman–Crippen LogP) is 4.66. The lowest BCUT2D eigenvalue weighted by molar-refractivity contribution is -0.113. The van der Waals surface area contributed by atoms with Gasteiger partial charge in [-0.1, -0.05) is 11.6 Å². The lowest BCUT2D eigenvalue weighted by Gasteiger charge is -2.09. The summed E-state index contributed by atoms with van der Waals surface area (Å²) >= 11 is 6.78. The zero-order valence-electron chi connectivity index (χ0n) is 11.1. The fourth-order valence-electron chi connectivity index (χ4n) is 1.68. The number of nitrogens with one attached hydrogen (secondary N) is 1. The maximum absolute atomic E-state index is 13.4. The molecule has 0 heterocycles. The summed E-state index contributed by atoms with van der Waals surface area (Å²) in [7, 11) is 0. The van der Waals surface area contributed by atoms with Crippen LogP contribution >= 0.6 is 23.4 Å². The molecule has 1 N–H and O–H groups in total. The van der Waals surface area contributed by atoms with Gasteiger partial charge >= 0.3 is 0 Å². The molecule has 0 bridgehead atoms. The minimum absolute atomic E-state index is 0.0115. The van der Waals surface area contributed by atoms with E-state index in [1.54, 1.807) is 18.2 Å². The van der Waals surface area contributed by atoms with Gasteiger partial charge in [-0.15, -0.1) is 11.8 Å². The van der Waals surface area contributed by atoms with E-state index in [-0.39, 0.29) is 16.6 Å². The van der Waals surface area contributed by atoms with E-state index in [0.29, 0.717) is 10.7 Å². The van der Waals surface area contributed by atoms with Gasteiger partial charge in [0.15, 0.2) is 0 Å². The highest BCUT2D eigenvalue weighted by molar-refractivity contribution is 8.00. The zero-order chi connectivity index (χ0) is 15.4. The molecule has 110 valence electrons. The number of thioether (sulfide) groups is 1. The molecule has 6 heteroatoms. The fraction of sp³-hybridized carbons (Fsp3) is 0.133. The number of carbonyl (C=O) groups excluding carboxylic acids is 1. The topological polar surface area (TPSA) is 29.1 Å². The first-order valence-electron chi connectivity index (χ1n) is 6.09. The smallest absolute Gasteiger partial charge is 0.234 e. The molecule has 0 spiro atoms. The van der Waals surface area contributed by atoms with Crippen LogP contribution in [0.1, 0.15) is 5.56 Å². The number of halogens is 3. The molecule has 0 atom stereocenters. The molecule has 0 aliphatic heterocycles. The minimum atomic E-state index is -0.545. The number of carbonyl (C=O) groups is 1. The van der Waals surface area contributed by atoms with Crippen molar-refractivity contribution < 1.29 is 13.6 Å². The van der Waals surface area contributed by atoms with Crippen LogP contribution in [0.3, 0.4) is 0 Å². The fourth-order valence-corrected chi connectivity index (χ4v) is 2.67. The highest BCUT2D eigenvalue weighted by atomic mass is 35.5. The summed E-state index contributed by atoms with van der Waals surface area (Å²) in [6, 6.07) is 8.25. The van der Waals surface area contributed by atoms with Crippen LogP contribution in [0, 0.1) is 18.6 Å². The van der Waals surface area contributed by atoms with E-state index in [0.717, 1.165) is 35.5 Å². The molecular formula is C15H12ClF2NOS. The normalized spacial score (nSPS) is 10.5. The first-order chi connectivity index (χ1) is 9.95. The molecule has 2 nitrogen and oxygen atoms in total. The Morgan fingerprint density at radius 3 is 2.71 bits per heavy atom. The van der Waals surface area contributed by atoms with Gasteiger partial charge in [0.05, 0.1) is 5.75 Å². The number of rotatable bonds is 4. The first kappa shape index (κ1) is 15.8. The average molecular weight is 328 g/mol. The van der Waals surface area contributed by atoms with Crippen molar-refractivity contribution >= 4 is 35.0 Å². The molecule has 0 aromatic heterocycles. The standard InChI is InChI=1S/C15H12ClF2NOS/c1-9-6-10(16)2-5-13(9)19-15(20)8-21-14-7-11(17)3-4-12(14)18/h2-7H,8H2,1H3,(H,19,20). The quantitative estimate of drug-likeness (QED) is 0.828. The van der Waals surface area contributed by atoms with Gasteiger partial charge in [0.25, 0.3) is 0 Å². The van der Waals surface area contributed by atoms with Crippen molar-refractivity contribution in [1.29, 1.82) is 0 Å². The van der Waals surface area contributed by atoms with E-state index in [1.165, 1.54) is 0 Å². The predicted molar refractivity (Wildman–Crippen MR) is 81.9 cm³/mol. The van der Waals surface area contributed by atoms with Crippen LogP contribution in [-0.4, -0.2) is 11.7 Å². The van der Waals surface area contributed by atoms with Crippen LogP contribution in [0.2, 0.25) is 5.02 Å². The third-order valence-corrected chi connectivity index (χ3v) is 3.98. The second-order valence-corrected chi connectivity index (χ2v) is 5.82. The minimum Gasteiger partial charge on any atom is -0.325 e. The van der Waals surface area contributed by atoms with Gasteiger partial charge in [-0.3, -0.25) is 4.79 Å². The zero-order valence-corrected chi connectivity index (χ0v) is 12.7. The summed E-state index contributed by atoms with van der Waals surface area (Å²) in [5.41, 5.74) is 1.47. The second-order valence-electron chi connectivity index (χ2n) is 4.37. The Hall–Kier alpha value is -1.59. The Morgan fingerprint density at radius 2 is 2.00 bits per heavy atom. The summed E-state index contributed by atoms with van der Waals surface area (Å²) in [6.07, 6.45) is 0. The summed E-state index contributed by atoms with van der Waals surface area (Å²) in [6.45, 7) is 1.82. The maximum Gasteiger partial charge on any atom is 0.234 e. The first-order valence-corrected chi connectivity index (χ1v) is 7.46.